The van der Waals surface area contributed by atoms with Crippen molar-refractivity contribution in [2.45, 2.75) is 119 Å². The lowest BCUT2D eigenvalue weighted by molar-refractivity contribution is -0.134. The number of ketones is 3. The van der Waals surface area contributed by atoms with Gasteiger partial charge in [-0.05, 0) is 218 Å². The van der Waals surface area contributed by atoms with Crippen molar-refractivity contribution in [3.8, 4) is 17.2 Å². The zero-order valence-electron chi connectivity index (χ0n) is 61.4. The first-order valence-corrected chi connectivity index (χ1v) is 37.0. The maximum atomic E-state index is 14.7. The van der Waals surface area contributed by atoms with E-state index in [1.165, 1.54) is 0 Å². The molecule has 9 aromatic carbocycles. The Morgan fingerprint density at radius 3 is 0.864 bits per heavy atom. The molecule has 0 radical (unpaired) electrons. The van der Waals surface area contributed by atoms with Crippen LogP contribution in [0.25, 0.3) is 32.7 Å². The molecule has 0 unspecified atom stereocenters. The van der Waals surface area contributed by atoms with E-state index in [1.54, 1.807) is 55.0 Å². The van der Waals surface area contributed by atoms with E-state index in [2.05, 4.69) is 30.9 Å². The number of H-pyrrole nitrogens is 3. The quantitative estimate of drug-likeness (QED) is 0.00967. The molecule has 0 aliphatic carbocycles. The first-order valence-electron chi connectivity index (χ1n) is 37.0. The summed E-state index contributed by atoms with van der Waals surface area (Å²) in [5.74, 6) is -2.16. The number of aromatic nitrogens is 3. The molecule has 21 nitrogen and oxygen atoms in total. The first kappa shape index (κ1) is 79.5. The third kappa shape index (κ3) is 19.3. The molecule has 3 heterocycles. The topological polar surface area (TPSA) is 370 Å². The first-order chi connectivity index (χ1) is 52.9. The summed E-state index contributed by atoms with van der Waals surface area (Å²) in [5.41, 5.74) is 43.7. The zero-order valence-corrected chi connectivity index (χ0v) is 62.2. The minimum Gasteiger partial charge on any atom is -0.489 e. The van der Waals surface area contributed by atoms with Gasteiger partial charge in [-0.15, -0.1) is 12.4 Å². The van der Waals surface area contributed by atoms with Crippen molar-refractivity contribution in [1.82, 2.24) is 15.0 Å². The summed E-state index contributed by atoms with van der Waals surface area (Å²) in [6.45, 7) is 2.09. The SMILES string of the molecule is Cl.NCCCC[C@@](N)(C(=O)Cc1c[nH]c2ccc(OCc3ccccc3)cc12)C(=O)Nc1ccc(C(c2ccc(NC(=O)[C@@](N)(CCCCN)C(=O)Cc3c[nH]c4ccc(OCc5ccccc5)cc34)cc2)c2ccc(NC(=O)[C@@](N)(CCCCN)C(=O)Cc3c[nH]c4ccc(OCc5ccccc5)cc34)cc2)cc1. The standard InChI is InChI=1S/C88H94N12O9.ClH/c89-43-13-10-40-86(92,79(101)46-64-52-95-76-37-34-70(49-73(64)76)107-55-58-16-4-1-5-17-58)83(104)98-67-28-22-61(23-29-67)82(62-24-30-68(31-25-62)99-84(105)87(93,41-11-14-44-90)80(102)47-65-53-96-77-38-35-71(50-74(65)77)108-56-59-18-6-2-7-19-59)63-26-32-69(33-27-63)100-85(106)88(94,42-12-15-45-91)81(103)48-66-54-97-78-39-36-72(51-75(66)78)109-57-60-20-8-3-9-21-60;/h1-9,16-39,49-54,82,95-97H,10-15,40-48,55-57,89-94H2,(H,98,104)(H,99,105)(H,100,106);1H/t86-,87-,88-;/m1./s1. The molecule has 0 saturated heterocycles. The van der Waals surface area contributed by atoms with Gasteiger partial charge in [0.1, 0.15) is 37.1 Å². The summed E-state index contributed by atoms with van der Waals surface area (Å²) in [7, 11) is 0. The molecule has 0 aliphatic rings. The van der Waals surface area contributed by atoms with Crippen molar-refractivity contribution in [2.24, 2.45) is 34.4 Å². The van der Waals surface area contributed by atoms with Gasteiger partial charge in [-0.2, -0.15) is 0 Å². The molecule has 3 aromatic heterocycles. The Bertz CT molecular complexity index is 4610. The lowest BCUT2D eigenvalue weighted by Crippen LogP contribution is -2.58. The maximum absolute atomic E-state index is 14.7. The fourth-order valence-corrected chi connectivity index (χ4v) is 13.8. The van der Waals surface area contributed by atoms with Gasteiger partial charge in [0.15, 0.2) is 34.0 Å². The van der Waals surface area contributed by atoms with Crippen molar-refractivity contribution in [1.29, 1.82) is 0 Å². The van der Waals surface area contributed by atoms with E-state index in [9.17, 15) is 28.8 Å². The lowest BCUT2D eigenvalue weighted by Gasteiger charge is -2.28. The predicted octanol–water partition coefficient (Wildman–Crippen LogP) is 13.2. The van der Waals surface area contributed by atoms with Crippen LogP contribution in [0.15, 0.2) is 237 Å². The van der Waals surface area contributed by atoms with Crippen LogP contribution in [0, 0.1) is 0 Å². The molecule has 110 heavy (non-hydrogen) atoms. The summed E-state index contributed by atoms with van der Waals surface area (Å²) < 4.78 is 18.4. The van der Waals surface area contributed by atoms with Crippen LogP contribution in [0.2, 0.25) is 0 Å². The van der Waals surface area contributed by atoms with Gasteiger partial charge in [0.05, 0.1) is 0 Å². The summed E-state index contributed by atoms with van der Waals surface area (Å²) in [6, 6.07) is 67.8. The molecule has 0 aliphatic heterocycles. The number of benzene rings is 9. The number of carbonyl (C=O) groups is 6. The Balaban J connectivity index is 0.0000120. The molecule has 0 spiro atoms. The second-order valence-corrected chi connectivity index (χ2v) is 28.0. The minimum absolute atomic E-state index is 0. The van der Waals surface area contributed by atoms with E-state index in [1.807, 2.05) is 182 Å². The zero-order chi connectivity index (χ0) is 76.3. The number of hydrogen-bond donors (Lipinski definition) is 12. The highest BCUT2D eigenvalue weighted by Crippen LogP contribution is 2.37. The largest absolute Gasteiger partial charge is 0.489 e. The number of nitrogens with two attached hydrogens (primary N) is 6. The van der Waals surface area contributed by atoms with Crippen LogP contribution in [0.1, 0.15) is 114 Å². The lowest BCUT2D eigenvalue weighted by atomic mass is 9.83. The average molecular weight is 1500 g/mol. The van der Waals surface area contributed by atoms with Gasteiger partial charge < -0.3 is 79.5 Å². The monoisotopic (exact) mass is 1500 g/mol. The molecular weight excluding hydrogens is 1400 g/mol. The highest BCUT2D eigenvalue weighted by atomic mass is 35.5. The Labute approximate surface area is 645 Å². The average Bonchev–Trinajstić information content (AvgIpc) is 1.66. The fourth-order valence-electron chi connectivity index (χ4n) is 13.8. The number of ether oxygens (including phenoxy) is 3. The number of anilines is 3. The molecule has 568 valence electrons. The number of nitrogens with one attached hydrogen (secondary N) is 6. The highest BCUT2D eigenvalue weighted by molar-refractivity contribution is 6.18. The summed E-state index contributed by atoms with van der Waals surface area (Å²) in [4.78, 5) is 97.6. The second-order valence-electron chi connectivity index (χ2n) is 28.0. The van der Waals surface area contributed by atoms with E-state index in [4.69, 9.17) is 48.6 Å². The van der Waals surface area contributed by atoms with E-state index < -0.39 is 57.6 Å². The van der Waals surface area contributed by atoms with Crippen LogP contribution in [0.5, 0.6) is 17.2 Å². The van der Waals surface area contributed by atoms with Crippen LogP contribution in [-0.4, -0.2) is 86.3 Å². The Morgan fingerprint density at radius 1 is 0.345 bits per heavy atom. The van der Waals surface area contributed by atoms with Crippen molar-refractivity contribution >= 4 is 97.2 Å². The number of halogens is 1. The molecule has 0 saturated carbocycles. The molecular formula is C88H95ClN12O9. The van der Waals surface area contributed by atoms with Crippen LogP contribution in [-0.2, 0) is 67.9 Å². The Morgan fingerprint density at radius 2 is 0.609 bits per heavy atom. The van der Waals surface area contributed by atoms with Crippen molar-refractivity contribution in [2.75, 3.05) is 35.6 Å². The van der Waals surface area contributed by atoms with Gasteiger partial charge in [-0.25, -0.2) is 0 Å². The van der Waals surface area contributed by atoms with E-state index in [0.29, 0.717) is 129 Å². The molecule has 0 bridgehead atoms. The third-order valence-electron chi connectivity index (χ3n) is 20.3. The summed E-state index contributed by atoms with van der Waals surface area (Å²) in [5, 5.41) is 11.2. The van der Waals surface area contributed by atoms with Crippen LogP contribution < -0.4 is 64.6 Å². The third-order valence-corrected chi connectivity index (χ3v) is 20.3. The van der Waals surface area contributed by atoms with Gasteiger partial charge in [-0.3, -0.25) is 28.8 Å². The fraction of sp³-hybridized carbons (Fsp3) is 0.250. The number of Topliss-reactive ketones (excluding diaryl/α,β-unsaturated/α-hetero) is 3. The number of aromatic amines is 3. The van der Waals surface area contributed by atoms with E-state index >= 15 is 0 Å². The predicted molar refractivity (Wildman–Crippen MR) is 436 cm³/mol. The Kier molecular flexibility index (Phi) is 26.8. The van der Waals surface area contributed by atoms with Gasteiger partial charge in [0, 0.05) is 93.5 Å². The van der Waals surface area contributed by atoms with E-state index in [0.717, 1.165) is 66.1 Å². The molecule has 0 fully saturated rings. The van der Waals surface area contributed by atoms with Crippen molar-refractivity contribution < 1.29 is 43.0 Å². The van der Waals surface area contributed by atoms with Crippen molar-refractivity contribution in [3.63, 3.8) is 0 Å². The summed E-state index contributed by atoms with van der Waals surface area (Å²) in [6.07, 6.45) is 7.84. The number of amides is 3. The maximum Gasteiger partial charge on any atom is 0.252 e. The van der Waals surface area contributed by atoms with Gasteiger partial charge >= 0.3 is 0 Å². The summed E-state index contributed by atoms with van der Waals surface area (Å²) >= 11 is 0. The Hall–Kier alpha value is -11.5. The molecule has 3 atom stereocenters. The number of carbonyl (C=O) groups excluding carboxylic acids is 6. The minimum atomic E-state index is -1.95. The van der Waals surface area contributed by atoms with Gasteiger partial charge in [-0.1, -0.05) is 127 Å². The number of fused-ring (bicyclic) bond motifs is 3. The smallest absolute Gasteiger partial charge is 0.252 e. The molecule has 18 N–H and O–H groups in total. The van der Waals surface area contributed by atoms with E-state index in [-0.39, 0.29) is 50.9 Å². The van der Waals surface area contributed by atoms with Crippen LogP contribution in [0.3, 0.4) is 0 Å². The molecule has 3 amide bonds. The molecule has 12 rings (SSSR count). The molecule has 22 heteroatoms. The normalized spacial score (nSPS) is 13.0. The number of rotatable bonds is 39. The van der Waals surface area contributed by atoms with Crippen molar-refractivity contribution in [3.05, 3.63) is 287 Å². The van der Waals surface area contributed by atoms with Gasteiger partial charge in [0.25, 0.3) is 17.7 Å². The molecule has 12 aromatic rings. The number of unbranched alkanes of at least 4 members (excludes halogenated alkanes) is 3. The second kappa shape index (κ2) is 37.1. The van der Waals surface area contributed by atoms with Gasteiger partial charge in [0.2, 0.25) is 0 Å². The van der Waals surface area contributed by atoms with Crippen LogP contribution >= 0.6 is 12.4 Å². The number of hydrogen-bond acceptors (Lipinski definition) is 15. The van der Waals surface area contributed by atoms with Crippen LogP contribution in [0.4, 0.5) is 17.1 Å². The highest BCUT2D eigenvalue weighted by Gasteiger charge is 2.44.